The number of aryl methyl sites for hydroxylation is 1. The van der Waals surface area contributed by atoms with Crippen LogP contribution >= 0.6 is 34.3 Å². The number of nitriles is 1. The molecule has 0 aromatic carbocycles. The van der Waals surface area contributed by atoms with Crippen LogP contribution in [0, 0.1) is 17.2 Å². The van der Waals surface area contributed by atoms with Crippen molar-refractivity contribution in [2.24, 2.45) is 5.92 Å². The Bertz CT molecular complexity index is 1090. The van der Waals surface area contributed by atoms with Crippen molar-refractivity contribution < 1.29 is 13.2 Å². The molecule has 0 saturated carbocycles. The van der Waals surface area contributed by atoms with Crippen LogP contribution in [0.25, 0.3) is 0 Å². The maximum Gasteiger partial charge on any atom is 0.252 e. The molecule has 6 nitrogen and oxygen atoms in total. The number of nitrogens with one attached hydrogen (secondary N) is 1. The van der Waals surface area contributed by atoms with E-state index in [0.29, 0.717) is 40.8 Å². The normalized spacial score (nSPS) is 18.4. The Labute approximate surface area is 189 Å². The van der Waals surface area contributed by atoms with E-state index in [9.17, 15) is 18.5 Å². The van der Waals surface area contributed by atoms with E-state index >= 15 is 0 Å². The quantitative estimate of drug-likeness (QED) is 0.641. The van der Waals surface area contributed by atoms with Crippen LogP contribution < -0.4 is 5.32 Å². The molecule has 0 bridgehead atoms. The minimum absolute atomic E-state index is 0.126. The van der Waals surface area contributed by atoms with Gasteiger partial charge in [-0.3, -0.25) is 4.79 Å². The number of thiophene rings is 2. The molecule has 1 saturated heterocycles. The Kier molecular flexibility index (Phi) is 6.51. The third-order valence-corrected chi connectivity index (χ3v) is 10.5. The fourth-order valence-electron chi connectivity index (χ4n) is 4.08. The molecule has 0 unspecified atom stereocenters. The van der Waals surface area contributed by atoms with Gasteiger partial charge in [-0.05, 0) is 56.2 Å². The Hall–Kier alpha value is -1.44. The van der Waals surface area contributed by atoms with Crippen molar-refractivity contribution in [1.29, 1.82) is 5.26 Å². The van der Waals surface area contributed by atoms with Crippen LogP contribution in [0.3, 0.4) is 0 Å². The second-order valence-electron chi connectivity index (χ2n) is 7.61. The highest BCUT2D eigenvalue weighted by Crippen LogP contribution is 2.38. The molecule has 30 heavy (non-hydrogen) atoms. The minimum atomic E-state index is -3.57. The number of carbonyl (C=O) groups excluding carboxylic acids is 1. The zero-order chi connectivity index (χ0) is 21.3. The molecule has 2 aliphatic rings. The monoisotopic (exact) mass is 483 g/mol. The van der Waals surface area contributed by atoms with Gasteiger partial charge in [-0.25, -0.2) is 8.42 Å². The number of hydrogen-bond donors (Lipinski definition) is 1. The van der Waals surface area contributed by atoms with Crippen LogP contribution in [0.5, 0.6) is 0 Å². The molecular formula is C20H22ClN3O3S3. The molecule has 2 aromatic heterocycles. The van der Waals surface area contributed by atoms with Gasteiger partial charge in [0.2, 0.25) is 5.91 Å². The number of piperidine rings is 1. The van der Waals surface area contributed by atoms with E-state index < -0.39 is 10.0 Å². The van der Waals surface area contributed by atoms with E-state index in [2.05, 4.69) is 11.4 Å². The summed E-state index contributed by atoms with van der Waals surface area (Å²) in [6.07, 6.45) is 6.14. The molecule has 0 spiro atoms. The lowest BCUT2D eigenvalue weighted by atomic mass is 9.97. The lowest BCUT2D eigenvalue weighted by Crippen LogP contribution is -2.41. The van der Waals surface area contributed by atoms with Gasteiger partial charge in [0.05, 0.1) is 9.90 Å². The number of fused-ring (bicyclic) bond motifs is 1. The van der Waals surface area contributed by atoms with Gasteiger partial charge in [-0.2, -0.15) is 9.57 Å². The Morgan fingerprint density at radius 2 is 1.90 bits per heavy atom. The molecule has 1 aliphatic heterocycles. The molecule has 1 N–H and O–H groups in total. The summed E-state index contributed by atoms with van der Waals surface area (Å²) in [6, 6.07) is 5.38. The first-order valence-electron chi connectivity index (χ1n) is 10.0. The third-order valence-electron chi connectivity index (χ3n) is 5.74. The van der Waals surface area contributed by atoms with Crippen LogP contribution in [0.1, 0.15) is 48.1 Å². The van der Waals surface area contributed by atoms with Crippen LogP contribution in [0.4, 0.5) is 5.00 Å². The SMILES string of the molecule is N#Cc1c(NC(=O)C2CCN(S(=O)(=O)c3ccc(Cl)s3)CC2)sc2c1CCCCC2. The first-order valence-corrected chi connectivity index (χ1v) is 13.5. The Balaban J connectivity index is 1.41. The smallest absolute Gasteiger partial charge is 0.252 e. The van der Waals surface area contributed by atoms with Crippen molar-refractivity contribution in [3.63, 3.8) is 0 Å². The molecule has 1 fully saturated rings. The second-order valence-corrected chi connectivity index (χ2v) is 12.6. The molecule has 4 rings (SSSR count). The van der Waals surface area contributed by atoms with Crippen LogP contribution in [-0.4, -0.2) is 31.7 Å². The zero-order valence-electron chi connectivity index (χ0n) is 16.3. The van der Waals surface area contributed by atoms with Crippen molar-refractivity contribution in [2.45, 2.75) is 49.2 Å². The van der Waals surface area contributed by atoms with Crippen molar-refractivity contribution in [2.75, 3.05) is 18.4 Å². The van der Waals surface area contributed by atoms with E-state index in [1.54, 1.807) is 6.07 Å². The van der Waals surface area contributed by atoms with Crippen LogP contribution in [0.15, 0.2) is 16.3 Å². The lowest BCUT2D eigenvalue weighted by Gasteiger charge is -2.30. The predicted molar refractivity (Wildman–Crippen MR) is 120 cm³/mol. The standard InChI is InChI=1S/C20H22ClN3O3S3/c21-17-6-7-18(29-17)30(26,27)24-10-8-13(9-11-24)19(25)23-20-15(12-22)14-4-2-1-3-5-16(14)28-20/h6-7,13H,1-5,8-11H2,(H,23,25). The number of sulfonamides is 1. The summed E-state index contributed by atoms with van der Waals surface area (Å²) in [7, 11) is -3.57. The first kappa shape index (κ1) is 21.8. The number of anilines is 1. The number of amides is 1. The number of hydrogen-bond acceptors (Lipinski definition) is 6. The highest BCUT2D eigenvalue weighted by atomic mass is 35.5. The van der Waals surface area contributed by atoms with Crippen molar-refractivity contribution in [3.8, 4) is 6.07 Å². The Morgan fingerprint density at radius 1 is 1.17 bits per heavy atom. The predicted octanol–water partition coefficient (Wildman–Crippen LogP) is 4.64. The molecule has 0 atom stereocenters. The summed E-state index contributed by atoms with van der Waals surface area (Å²) in [5, 5.41) is 13.3. The first-order chi connectivity index (χ1) is 14.4. The van der Waals surface area contributed by atoms with Gasteiger partial charge in [0.15, 0.2) is 0 Å². The molecule has 2 aromatic rings. The average Bonchev–Trinajstić information content (AvgIpc) is 3.24. The summed E-state index contributed by atoms with van der Waals surface area (Å²) < 4.78 is 27.6. The summed E-state index contributed by atoms with van der Waals surface area (Å²) >= 11 is 8.45. The highest BCUT2D eigenvalue weighted by Gasteiger charge is 2.33. The number of carbonyl (C=O) groups is 1. The number of nitrogens with zero attached hydrogens (tertiary/aromatic N) is 2. The van der Waals surface area contributed by atoms with Gasteiger partial charge in [0.25, 0.3) is 10.0 Å². The van der Waals surface area contributed by atoms with E-state index in [0.717, 1.165) is 42.6 Å². The Morgan fingerprint density at radius 3 is 2.57 bits per heavy atom. The maximum atomic E-state index is 12.8. The topological polar surface area (TPSA) is 90.3 Å². The van der Waals surface area contributed by atoms with Crippen molar-refractivity contribution >= 4 is 55.2 Å². The zero-order valence-corrected chi connectivity index (χ0v) is 19.5. The molecule has 3 heterocycles. The second kappa shape index (κ2) is 8.97. The van der Waals surface area contributed by atoms with Gasteiger partial charge in [-0.1, -0.05) is 18.0 Å². The van der Waals surface area contributed by atoms with Crippen molar-refractivity contribution in [3.05, 3.63) is 32.5 Å². The third kappa shape index (κ3) is 4.30. The van der Waals surface area contributed by atoms with E-state index in [4.69, 9.17) is 11.6 Å². The summed E-state index contributed by atoms with van der Waals surface area (Å²) in [6.45, 7) is 0.587. The highest BCUT2D eigenvalue weighted by molar-refractivity contribution is 7.91. The number of rotatable bonds is 4. The summed E-state index contributed by atoms with van der Waals surface area (Å²) in [5.74, 6) is -0.393. The van der Waals surface area contributed by atoms with Gasteiger partial charge < -0.3 is 5.32 Å². The fourth-order valence-corrected chi connectivity index (χ4v) is 8.43. The average molecular weight is 484 g/mol. The molecule has 1 amide bonds. The van der Waals surface area contributed by atoms with Gasteiger partial charge in [0, 0.05) is 23.9 Å². The maximum absolute atomic E-state index is 12.8. The fraction of sp³-hybridized carbons (Fsp3) is 0.500. The molecule has 1 aliphatic carbocycles. The summed E-state index contributed by atoms with van der Waals surface area (Å²) in [5.41, 5.74) is 1.71. The van der Waals surface area contributed by atoms with E-state index in [1.807, 2.05) is 0 Å². The number of halogens is 1. The van der Waals surface area contributed by atoms with E-state index in [1.165, 1.54) is 33.0 Å². The molecule has 10 heteroatoms. The molecule has 0 radical (unpaired) electrons. The van der Waals surface area contributed by atoms with Gasteiger partial charge in [0.1, 0.15) is 15.3 Å². The van der Waals surface area contributed by atoms with Crippen molar-refractivity contribution in [1.82, 2.24) is 4.31 Å². The molecular weight excluding hydrogens is 462 g/mol. The molecule has 160 valence electrons. The van der Waals surface area contributed by atoms with Crippen LogP contribution in [0.2, 0.25) is 4.34 Å². The lowest BCUT2D eigenvalue weighted by molar-refractivity contribution is -0.120. The van der Waals surface area contributed by atoms with Gasteiger partial charge >= 0.3 is 0 Å². The van der Waals surface area contributed by atoms with E-state index in [-0.39, 0.29) is 16.0 Å². The van der Waals surface area contributed by atoms with Crippen LogP contribution in [-0.2, 0) is 27.7 Å². The largest absolute Gasteiger partial charge is 0.316 e. The minimum Gasteiger partial charge on any atom is -0.316 e. The summed E-state index contributed by atoms with van der Waals surface area (Å²) in [4.78, 5) is 14.1. The van der Waals surface area contributed by atoms with Gasteiger partial charge in [-0.15, -0.1) is 22.7 Å².